The summed E-state index contributed by atoms with van der Waals surface area (Å²) in [5, 5.41) is 0. The summed E-state index contributed by atoms with van der Waals surface area (Å²) < 4.78 is 17.0. The summed E-state index contributed by atoms with van der Waals surface area (Å²) in [5.74, 6) is -0.870. The average Bonchev–Trinajstić information content (AvgIpc) is 3.42. The van der Waals surface area contributed by atoms with Crippen LogP contribution < -0.4 is 0 Å². The molecular formula is C70H124O6. The lowest BCUT2D eigenvalue weighted by atomic mass is 10.0. The Hall–Kier alpha value is -3.15. The molecule has 0 fully saturated rings. The molecule has 1 atom stereocenters. The van der Waals surface area contributed by atoms with Crippen LogP contribution in [0.5, 0.6) is 0 Å². The molecule has 0 saturated carbocycles. The third kappa shape index (κ3) is 61.7. The molecular weight excluding hydrogens is 937 g/mol. The molecule has 0 aromatic carbocycles. The van der Waals surface area contributed by atoms with Crippen molar-refractivity contribution in [2.75, 3.05) is 13.2 Å². The number of carbonyl (C=O) groups excluding carboxylic acids is 3. The summed E-state index contributed by atoms with van der Waals surface area (Å²) in [6.45, 7) is 6.57. The second-order valence-corrected chi connectivity index (χ2v) is 22.0. The third-order valence-corrected chi connectivity index (χ3v) is 14.5. The number of allylic oxidation sites excluding steroid dienone is 12. The van der Waals surface area contributed by atoms with Crippen molar-refractivity contribution in [3.63, 3.8) is 0 Å². The topological polar surface area (TPSA) is 78.9 Å². The SMILES string of the molecule is CC/C=C\C/C=C\C/C=C\C/C=C\C/C=C\C/C=C\CCCCCCCCC(=O)OCC(COC(=O)CCCCCCCCCCCCCCCC)OC(=O)CCCCCCCCCCCCCCCCCCCCC. The zero-order chi connectivity index (χ0) is 55.0. The number of rotatable bonds is 60. The quantitative estimate of drug-likeness (QED) is 0.0261. The van der Waals surface area contributed by atoms with Gasteiger partial charge in [0.05, 0.1) is 0 Å². The van der Waals surface area contributed by atoms with Crippen LogP contribution in [-0.4, -0.2) is 37.2 Å². The lowest BCUT2D eigenvalue weighted by Gasteiger charge is -2.18. The highest BCUT2D eigenvalue weighted by atomic mass is 16.6. The molecule has 0 aliphatic heterocycles. The Balaban J connectivity index is 4.34. The zero-order valence-corrected chi connectivity index (χ0v) is 50.5. The molecule has 0 radical (unpaired) electrons. The van der Waals surface area contributed by atoms with Crippen LogP contribution in [0.3, 0.4) is 0 Å². The van der Waals surface area contributed by atoms with E-state index in [0.717, 1.165) is 103 Å². The summed E-state index contributed by atoms with van der Waals surface area (Å²) in [7, 11) is 0. The van der Waals surface area contributed by atoms with Gasteiger partial charge in [0.1, 0.15) is 13.2 Å². The molecule has 0 aromatic rings. The number of ether oxygens (including phenoxy) is 3. The molecule has 1 unspecified atom stereocenters. The predicted molar refractivity (Wildman–Crippen MR) is 330 cm³/mol. The maximum atomic E-state index is 12.9. The van der Waals surface area contributed by atoms with Gasteiger partial charge in [-0.15, -0.1) is 0 Å². The number of hydrogen-bond acceptors (Lipinski definition) is 6. The van der Waals surface area contributed by atoms with Crippen LogP contribution in [-0.2, 0) is 28.6 Å². The molecule has 6 heteroatoms. The minimum absolute atomic E-state index is 0.0752. The summed E-state index contributed by atoms with van der Waals surface area (Å²) in [6.07, 6.45) is 83.3. The molecule has 76 heavy (non-hydrogen) atoms. The Labute approximate surface area is 472 Å². The lowest BCUT2D eigenvalue weighted by Crippen LogP contribution is -2.30. The highest BCUT2D eigenvalue weighted by Gasteiger charge is 2.19. The first-order valence-corrected chi connectivity index (χ1v) is 32.9. The number of unbranched alkanes of at least 4 members (excludes halogenated alkanes) is 37. The first kappa shape index (κ1) is 72.8. The van der Waals surface area contributed by atoms with Gasteiger partial charge in [-0.1, -0.05) is 318 Å². The van der Waals surface area contributed by atoms with Crippen molar-refractivity contribution < 1.29 is 28.6 Å². The Kier molecular flexibility index (Phi) is 61.7. The number of hydrogen-bond donors (Lipinski definition) is 0. The molecule has 6 nitrogen and oxygen atoms in total. The van der Waals surface area contributed by atoms with Crippen LogP contribution in [0.1, 0.15) is 335 Å². The van der Waals surface area contributed by atoms with Gasteiger partial charge in [0.2, 0.25) is 0 Å². The second-order valence-electron chi connectivity index (χ2n) is 22.0. The molecule has 0 heterocycles. The Morgan fingerprint density at radius 2 is 0.513 bits per heavy atom. The Morgan fingerprint density at radius 1 is 0.276 bits per heavy atom. The van der Waals surface area contributed by atoms with Crippen LogP contribution in [0.15, 0.2) is 72.9 Å². The van der Waals surface area contributed by atoms with Crippen LogP contribution in [0.4, 0.5) is 0 Å². The molecule has 440 valence electrons. The van der Waals surface area contributed by atoms with E-state index < -0.39 is 6.10 Å². The lowest BCUT2D eigenvalue weighted by molar-refractivity contribution is -0.167. The van der Waals surface area contributed by atoms with Crippen molar-refractivity contribution in [3.05, 3.63) is 72.9 Å². The largest absolute Gasteiger partial charge is 0.462 e. The summed E-state index contributed by atoms with van der Waals surface area (Å²) in [4.78, 5) is 38.4. The van der Waals surface area contributed by atoms with E-state index in [9.17, 15) is 14.4 Å². The minimum Gasteiger partial charge on any atom is -0.462 e. The summed E-state index contributed by atoms with van der Waals surface area (Å²) in [6, 6.07) is 0. The molecule has 0 bridgehead atoms. The fourth-order valence-corrected chi connectivity index (χ4v) is 9.57. The molecule has 0 amide bonds. The minimum atomic E-state index is -0.779. The van der Waals surface area contributed by atoms with Gasteiger partial charge in [0, 0.05) is 19.3 Å². The second kappa shape index (κ2) is 64.4. The van der Waals surface area contributed by atoms with Gasteiger partial charge in [0.15, 0.2) is 6.10 Å². The van der Waals surface area contributed by atoms with Crippen molar-refractivity contribution in [3.8, 4) is 0 Å². The van der Waals surface area contributed by atoms with Crippen LogP contribution in [0.25, 0.3) is 0 Å². The van der Waals surface area contributed by atoms with E-state index >= 15 is 0 Å². The molecule has 0 rings (SSSR count). The highest BCUT2D eigenvalue weighted by molar-refractivity contribution is 5.71. The van der Waals surface area contributed by atoms with E-state index in [1.54, 1.807) is 0 Å². The van der Waals surface area contributed by atoms with Crippen LogP contribution >= 0.6 is 0 Å². The third-order valence-electron chi connectivity index (χ3n) is 14.5. The number of carbonyl (C=O) groups is 3. The van der Waals surface area contributed by atoms with Crippen molar-refractivity contribution >= 4 is 17.9 Å². The maximum absolute atomic E-state index is 12.9. The average molecular weight is 1060 g/mol. The Morgan fingerprint density at radius 3 is 0.803 bits per heavy atom. The molecule has 0 aromatic heterocycles. The van der Waals surface area contributed by atoms with Gasteiger partial charge in [-0.3, -0.25) is 14.4 Å². The van der Waals surface area contributed by atoms with Crippen molar-refractivity contribution in [2.24, 2.45) is 0 Å². The molecule has 0 aliphatic carbocycles. The standard InChI is InChI=1S/C70H124O6/c1-4-7-10-13-16-19-22-25-28-30-32-33-34-35-36-37-39-40-42-45-48-51-54-57-60-63-69(72)75-66-67(65-74-68(71)62-59-56-53-50-47-44-27-24-21-18-15-12-9-6-3)76-70(73)64-61-58-55-52-49-46-43-41-38-31-29-26-23-20-17-14-11-8-5-2/h7,10,16,19,25,28,32-33,35-36,39-40,67H,4-6,8-9,11-15,17-18,20-24,26-27,29-31,34,37-38,41-66H2,1-3H3/b10-7-,19-16-,28-25-,33-32-,36-35-,40-39-. The maximum Gasteiger partial charge on any atom is 0.306 e. The first-order valence-electron chi connectivity index (χ1n) is 32.9. The van der Waals surface area contributed by atoms with Crippen molar-refractivity contribution in [2.45, 2.75) is 341 Å². The smallest absolute Gasteiger partial charge is 0.306 e. The Bertz CT molecular complexity index is 1400. The first-order chi connectivity index (χ1) is 37.5. The van der Waals surface area contributed by atoms with Gasteiger partial charge in [0.25, 0.3) is 0 Å². The zero-order valence-electron chi connectivity index (χ0n) is 50.5. The normalized spacial score (nSPS) is 12.5. The number of esters is 3. The molecule has 0 spiro atoms. The van der Waals surface area contributed by atoms with E-state index in [1.807, 2.05) is 0 Å². The fourth-order valence-electron chi connectivity index (χ4n) is 9.57. The van der Waals surface area contributed by atoms with Gasteiger partial charge in [-0.2, -0.15) is 0 Å². The van der Waals surface area contributed by atoms with Gasteiger partial charge >= 0.3 is 17.9 Å². The van der Waals surface area contributed by atoms with E-state index in [-0.39, 0.29) is 31.1 Å². The van der Waals surface area contributed by atoms with Crippen LogP contribution in [0, 0.1) is 0 Å². The van der Waals surface area contributed by atoms with Crippen molar-refractivity contribution in [1.29, 1.82) is 0 Å². The highest BCUT2D eigenvalue weighted by Crippen LogP contribution is 2.17. The van der Waals surface area contributed by atoms with Crippen molar-refractivity contribution in [1.82, 2.24) is 0 Å². The van der Waals surface area contributed by atoms with Gasteiger partial charge < -0.3 is 14.2 Å². The summed E-state index contributed by atoms with van der Waals surface area (Å²) in [5.41, 5.74) is 0. The predicted octanol–water partition coefficient (Wildman–Crippen LogP) is 22.5. The summed E-state index contributed by atoms with van der Waals surface area (Å²) >= 11 is 0. The van der Waals surface area contributed by atoms with Crippen LogP contribution in [0.2, 0.25) is 0 Å². The molecule has 0 saturated heterocycles. The molecule has 0 aliphatic rings. The van der Waals surface area contributed by atoms with E-state index in [4.69, 9.17) is 14.2 Å². The van der Waals surface area contributed by atoms with E-state index in [2.05, 4.69) is 93.7 Å². The van der Waals surface area contributed by atoms with Gasteiger partial charge in [-0.25, -0.2) is 0 Å². The molecule has 0 N–H and O–H groups in total. The fraction of sp³-hybridized carbons (Fsp3) is 0.786. The van der Waals surface area contributed by atoms with Gasteiger partial charge in [-0.05, 0) is 70.6 Å². The van der Waals surface area contributed by atoms with E-state index in [1.165, 1.54) is 193 Å². The monoisotopic (exact) mass is 1060 g/mol. The van der Waals surface area contributed by atoms with E-state index in [0.29, 0.717) is 19.3 Å².